The fraction of sp³-hybridized carbons (Fsp3) is 0.467. The van der Waals surface area contributed by atoms with E-state index < -0.39 is 5.54 Å². The van der Waals surface area contributed by atoms with Crippen molar-refractivity contribution in [1.82, 2.24) is 5.32 Å². The first-order chi connectivity index (χ1) is 9.01. The summed E-state index contributed by atoms with van der Waals surface area (Å²) in [5, 5.41) is 2.98. The van der Waals surface area contributed by atoms with Crippen molar-refractivity contribution in [3.05, 3.63) is 34.3 Å². The molecule has 1 rings (SSSR count). The maximum Gasteiger partial charge on any atom is 0.220 e. The Morgan fingerprint density at radius 1 is 1.47 bits per heavy atom. The third-order valence-corrected chi connectivity index (χ3v) is 3.62. The van der Waals surface area contributed by atoms with Crippen LogP contribution in [0.2, 0.25) is 0 Å². The van der Waals surface area contributed by atoms with Crippen molar-refractivity contribution in [2.45, 2.75) is 45.1 Å². The number of aldehydes is 1. The Bertz CT molecular complexity index is 448. The van der Waals surface area contributed by atoms with Gasteiger partial charge in [0.1, 0.15) is 6.29 Å². The lowest BCUT2D eigenvalue weighted by molar-refractivity contribution is -0.123. The molecule has 0 spiro atoms. The molecule has 1 aromatic rings. The number of hydrogen-bond donors (Lipinski definition) is 1. The fourth-order valence-electron chi connectivity index (χ4n) is 1.95. The van der Waals surface area contributed by atoms with E-state index in [1.54, 1.807) is 0 Å². The second-order valence-electron chi connectivity index (χ2n) is 4.86. The van der Waals surface area contributed by atoms with E-state index in [1.807, 2.05) is 38.1 Å². The van der Waals surface area contributed by atoms with Gasteiger partial charge < -0.3 is 10.1 Å². The molecule has 19 heavy (non-hydrogen) atoms. The van der Waals surface area contributed by atoms with Crippen molar-refractivity contribution in [2.24, 2.45) is 0 Å². The normalized spacial score (nSPS) is 13.6. The number of unbranched alkanes of at least 4 members (excludes halogenated alkanes) is 1. The molecule has 4 heteroatoms. The number of rotatable bonds is 7. The van der Waals surface area contributed by atoms with Crippen molar-refractivity contribution in [2.75, 3.05) is 0 Å². The first kappa shape index (κ1) is 15.9. The third-order valence-electron chi connectivity index (χ3n) is 3.13. The minimum Gasteiger partial charge on any atom is -0.346 e. The quantitative estimate of drug-likeness (QED) is 0.779. The number of benzene rings is 1. The van der Waals surface area contributed by atoms with Crippen LogP contribution in [-0.2, 0) is 15.1 Å². The smallest absolute Gasteiger partial charge is 0.220 e. The Hall–Kier alpha value is -1.16. The molecule has 0 aliphatic heterocycles. The van der Waals surface area contributed by atoms with Crippen LogP contribution in [0.25, 0.3) is 0 Å². The van der Waals surface area contributed by atoms with Crippen molar-refractivity contribution in [3.8, 4) is 0 Å². The molecule has 0 saturated heterocycles. The average molecular weight is 326 g/mol. The number of carbonyl (C=O) groups is 2. The van der Waals surface area contributed by atoms with Crippen LogP contribution in [-0.4, -0.2) is 12.2 Å². The SMILES string of the molecule is CCCCC(=O)NC(C)(CC=O)c1cccc(Br)c1. The summed E-state index contributed by atoms with van der Waals surface area (Å²) in [5.74, 6) is -0.00817. The molecule has 0 radical (unpaired) electrons. The summed E-state index contributed by atoms with van der Waals surface area (Å²) in [5.41, 5.74) is 0.287. The Labute approximate surface area is 122 Å². The molecular weight excluding hydrogens is 306 g/mol. The Kier molecular flexibility index (Phi) is 6.22. The molecule has 0 saturated carbocycles. The van der Waals surface area contributed by atoms with E-state index in [9.17, 15) is 9.59 Å². The van der Waals surface area contributed by atoms with Gasteiger partial charge in [0.05, 0.1) is 5.54 Å². The molecular formula is C15H20BrNO2. The highest BCUT2D eigenvalue weighted by molar-refractivity contribution is 9.10. The topological polar surface area (TPSA) is 46.2 Å². The molecule has 1 amide bonds. The summed E-state index contributed by atoms with van der Waals surface area (Å²) >= 11 is 3.41. The predicted octanol–water partition coefficient (Wildman–Crippen LogP) is 3.56. The van der Waals surface area contributed by atoms with E-state index in [2.05, 4.69) is 21.2 Å². The van der Waals surface area contributed by atoms with Gasteiger partial charge in [-0.1, -0.05) is 41.4 Å². The number of hydrogen-bond acceptors (Lipinski definition) is 2. The maximum atomic E-state index is 11.9. The van der Waals surface area contributed by atoms with E-state index in [4.69, 9.17) is 0 Å². The molecule has 0 aromatic heterocycles. The zero-order valence-electron chi connectivity index (χ0n) is 11.4. The van der Waals surface area contributed by atoms with Gasteiger partial charge in [-0.3, -0.25) is 4.79 Å². The van der Waals surface area contributed by atoms with Crippen LogP contribution in [0.5, 0.6) is 0 Å². The summed E-state index contributed by atoms with van der Waals surface area (Å²) in [4.78, 5) is 22.8. The van der Waals surface area contributed by atoms with Crippen LogP contribution in [0.3, 0.4) is 0 Å². The maximum absolute atomic E-state index is 11.9. The minimum atomic E-state index is -0.643. The van der Waals surface area contributed by atoms with E-state index in [0.29, 0.717) is 6.42 Å². The lowest BCUT2D eigenvalue weighted by Crippen LogP contribution is -2.43. The van der Waals surface area contributed by atoms with E-state index >= 15 is 0 Å². The minimum absolute atomic E-state index is 0.00817. The van der Waals surface area contributed by atoms with Crippen molar-refractivity contribution in [1.29, 1.82) is 0 Å². The van der Waals surface area contributed by atoms with E-state index in [1.165, 1.54) is 0 Å². The monoisotopic (exact) mass is 325 g/mol. The Balaban J connectivity index is 2.90. The largest absolute Gasteiger partial charge is 0.346 e. The summed E-state index contributed by atoms with van der Waals surface area (Å²) < 4.78 is 0.935. The lowest BCUT2D eigenvalue weighted by atomic mass is 9.89. The van der Waals surface area contributed by atoms with Crippen LogP contribution in [0, 0.1) is 0 Å². The standard InChI is InChI=1S/C15H20BrNO2/c1-3-4-8-14(19)17-15(2,9-10-18)12-6-5-7-13(16)11-12/h5-7,10-11H,3-4,8-9H2,1-2H3,(H,17,19). The van der Waals surface area contributed by atoms with Crippen molar-refractivity contribution in [3.63, 3.8) is 0 Å². The molecule has 0 aliphatic carbocycles. The van der Waals surface area contributed by atoms with Crippen LogP contribution < -0.4 is 5.32 Å². The molecule has 0 aliphatic rings. The summed E-state index contributed by atoms with van der Waals surface area (Å²) in [6, 6.07) is 7.68. The first-order valence-electron chi connectivity index (χ1n) is 6.52. The third kappa shape index (κ3) is 4.78. The lowest BCUT2D eigenvalue weighted by Gasteiger charge is -2.30. The van der Waals surface area contributed by atoms with Gasteiger partial charge in [-0.15, -0.1) is 0 Å². The molecule has 1 aromatic carbocycles. The molecule has 0 heterocycles. The van der Waals surface area contributed by atoms with E-state index in [-0.39, 0.29) is 12.3 Å². The highest BCUT2D eigenvalue weighted by atomic mass is 79.9. The first-order valence-corrected chi connectivity index (χ1v) is 7.32. The molecule has 1 N–H and O–H groups in total. The summed E-state index contributed by atoms with van der Waals surface area (Å²) in [7, 11) is 0. The van der Waals surface area contributed by atoms with Gasteiger partial charge in [0.15, 0.2) is 0 Å². The van der Waals surface area contributed by atoms with Crippen molar-refractivity contribution >= 4 is 28.1 Å². The molecule has 0 fully saturated rings. The van der Waals surface area contributed by atoms with Gasteiger partial charge >= 0.3 is 0 Å². The Morgan fingerprint density at radius 3 is 2.79 bits per heavy atom. The highest BCUT2D eigenvalue weighted by Crippen LogP contribution is 2.26. The summed E-state index contributed by atoms with van der Waals surface area (Å²) in [6.07, 6.45) is 3.46. The Morgan fingerprint density at radius 2 is 2.21 bits per heavy atom. The fourth-order valence-corrected chi connectivity index (χ4v) is 2.35. The molecule has 1 unspecified atom stereocenters. The molecule has 1 atom stereocenters. The van der Waals surface area contributed by atoms with E-state index in [0.717, 1.165) is 29.2 Å². The molecule has 3 nitrogen and oxygen atoms in total. The van der Waals surface area contributed by atoms with Crippen LogP contribution in [0.4, 0.5) is 0 Å². The van der Waals surface area contributed by atoms with Crippen molar-refractivity contribution < 1.29 is 9.59 Å². The summed E-state index contributed by atoms with van der Waals surface area (Å²) in [6.45, 7) is 3.93. The zero-order valence-corrected chi connectivity index (χ0v) is 13.0. The number of nitrogens with one attached hydrogen (secondary N) is 1. The zero-order chi connectivity index (χ0) is 14.3. The van der Waals surface area contributed by atoms with Gasteiger partial charge in [-0.05, 0) is 31.0 Å². The van der Waals surface area contributed by atoms with Crippen LogP contribution >= 0.6 is 15.9 Å². The van der Waals surface area contributed by atoms with Gasteiger partial charge in [0.2, 0.25) is 5.91 Å². The predicted molar refractivity (Wildman–Crippen MR) is 79.8 cm³/mol. The van der Waals surface area contributed by atoms with Gasteiger partial charge in [-0.2, -0.15) is 0 Å². The highest BCUT2D eigenvalue weighted by Gasteiger charge is 2.28. The number of carbonyl (C=O) groups excluding carboxylic acids is 2. The second-order valence-corrected chi connectivity index (χ2v) is 5.78. The van der Waals surface area contributed by atoms with Gasteiger partial charge in [-0.25, -0.2) is 0 Å². The van der Waals surface area contributed by atoms with Crippen LogP contribution in [0.15, 0.2) is 28.7 Å². The number of amides is 1. The van der Waals surface area contributed by atoms with Crippen LogP contribution in [0.1, 0.15) is 45.1 Å². The molecule has 104 valence electrons. The second kappa shape index (κ2) is 7.43. The van der Waals surface area contributed by atoms with Gasteiger partial charge in [0.25, 0.3) is 0 Å². The molecule has 0 bridgehead atoms. The number of halogens is 1. The average Bonchev–Trinajstić information content (AvgIpc) is 2.36. The van der Waals surface area contributed by atoms with Gasteiger partial charge in [0, 0.05) is 17.3 Å².